The topological polar surface area (TPSA) is 12.9 Å². The molecule has 0 atom stereocenters. The van der Waals surface area contributed by atoms with Gasteiger partial charge in [0.2, 0.25) is 0 Å². The van der Waals surface area contributed by atoms with Gasteiger partial charge in [-0.3, -0.25) is 4.98 Å². The van der Waals surface area contributed by atoms with Gasteiger partial charge in [-0.05, 0) is 43.9 Å². The SMILES string of the molecule is CCCCCCCCCCCCCCCCCCCCCCCCCCCCc1c[c]cc(CCCCCCCCCCCCCCCCCCCCCCCCCCCC)n1. The summed E-state index contributed by atoms with van der Waals surface area (Å²) in [5.41, 5.74) is 2.56. The van der Waals surface area contributed by atoms with Crippen molar-refractivity contribution in [1.82, 2.24) is 4.98 Å². The molecular formula is C61H116N. The fourth-order valence-electron chi connectivity index (χ4n) is 9.98. The average molecular weight is 864 g/mol. The highest BCUT2D eigenvalue weighted by Gasteiger charge is 2.02. The quantitative estimate of drug-likeness (QED) is 0.0595. The number of nitrogens with zero attached hydrogens (tertiary/aromatic N) is 1. The van der Waals surface area contributed by atoms with E-state index in [4.69, 9.17) is 4.98 Å². The highest BCUT2D eigenvalue weighted by molar-refractivity contribution is 5.10. The molecule has 0 saturated heterocycles. The molecule has 1 nitrogen and oxygen atoms in total. The van der Waals surface area contributed by atoms with Gasteiger partial charge in [0, 0.05) is 11.4 Å². The number of rotatable bonds is 54. The van der Waals surface area contributed by atoms with E-state index < -0.39 is 0 Å². The Hall–Kier alpha value is -0.850. The first kappa shape index (κ1) is 59.2. The summed E-state index contributed by atoms with van der Waals surface area (Å²) in [6, 6.07) is 7.69. The zero-order chi connectivity index (χ0) is 44.2. The predicted octanol–water partition coefficient (Wildman–Crippen LogP) is 22.3. The number of unbranched alkanes of at least 4 members (excludes halogenated alkanes) is 50. The second kappa shape index (κ2) is 52.8. The second-order valence-electron chi connectivity index (χ2n) is 20.7. The van der Waals surface area contributed by atoms with Crippen LogP contribution in [0.25, 0.3) is 0 Å². The summed E-state index contributed by atoms with van der Waals surface area (Å²) in [6.45, 7) is 4.62. The third-order valence-corrected chi connectivity index (χ3v) is 14.4. The van der Waals surface area contributed by atoms with Crippen molar-refractivity contribution < 1.29 is 0 Å². The molecule has 1 aromatic heterocycles. The maximum absolute atomic E-state index is 5.01. The van der Waals surface area contributed by atoms with Gasteiger partial charge >= 0.3 is 0 Å². The minimum atomic E-state index is 1.14. The summed E-state index contributed by atoms with van der Waals surface area (Å²) in [6.07, 6.45) is 78.0. The van der Waals surface area contributed by atoms with E-state index in [0.29, 0.717) is 0 Å². The van der Waals surface area contributed by atoms with E-state index in [9.17, 15) is 0 Å². The van der Waals surface area contributed by atoms with Crippen molar-refractivity contribution in [2.75, 3.05) is 0 Å². The van der Waals surface area contributed by atoms with Gasteiger partial charge in [0.25, 0.3) is 0 Å². The molecule has 1 aromatic rings. The highest BCUT2D eigenvalue weighted by Crippen LogP contribution is 2.19. The summed E-state index contributed by atoms with van der Waals surface area (Å²) in [5.74, 6) is 0. The molecule has 0 aliphatic heterocycles. The minimum Gasteiger partial charge on any atom is -0.258 e. The van der Waals surface area contributed by atoms with E-state index in [-0.39, 0.29) is 0 Å². The van der Waals surface area contributed by atoms with Gasteiger partial charge in [-0.25, -0.2) is 0 Å². The van der Waals surface area contributed by atoms with Gasteiger partial charge in [0.15, 0.2) is 0 Å². The summed E-state index contributed by atoms with van der Waals surface area (Å²) in [5, 5.41) is 0. The van der Waals surface area contributed by atoms with Gasteiger partial charge in [0.05, 0.1) is 0 Å². The van der Waals surface area contributed by atoms with Gasteiger partial charge < -0.3 is 0 Å². The Bertz CT molecular complexity index is 866. The molecule has 1 heteroatoms. The second-order valence-corrected chi connectivity index (χ2v) is 20.7. The molecule has 0 aliphatic rings. The number of hydrogen-bond acceptors (Lipinski definition) is 1. The average Bonchev–Trinajstić information content (AvgIpc) is 3.29. The van der Waals surface area contributed by atoms with Crippen molar-refractivity contribution in [1.29, 1.82) is 0 Å². The van der Waals surface area contributed by atoms with Crippen molar-refractivity contribution >= 4 is 0 Å². The zero-order valence-electron chi connectivity index (χ0n) is 43.3. The Morgan fingerprint density at radius 3 is 0.532 bits per heavy atom. The van der Waals surface area contributed by atoms with Crippen LogP contribution in [0.5, 0.6) is 0 Å². The molecule has 0 bridgehead atoms. The van der Waals surface area contributed by atoms with Crippen LogP contribution >= 0.6 is 0 Å². The Morgan fingerprint density at radius 1 is 0.226 bits per heavy atom. The Morgan fingerprint density at radius 2 is 0.371 bits per heavy atom. The fourth-order valence-corrected chi connectivity index (χ4v) is 9.98. The third-order valence-electron chi connectivity index (χ3n) is 14.4. The normalized spacial score (nSPS) is 11.6. The Kier molecular flexibility index (Phi) is 50.4. The molecule has 1 heterocycles. The lowest BCUT2D eigenvalue weighted by atomic mass is 10.0. The lowest BCUT2D eigenvalue weighted by Gasteiger charge is -2.06. The first-order chi connectivity index (χ1) is 30.9. The number of aryl methyl sites for hydroxylation is 2. The van der Waals surface area contributed by atoms with Crippen LogP contribution in [0.2, 0.25) is 0 Å². The van der Waals surface area contributed by atoms with Gasteiger partial charge in [-0.15, -0.1) is 0 Å². The van der Waals surface area contributed by atoms with E-state index in [2.05, 4.69) is 32.0 Å². The Labute approximate surface area is 393 Å². The highest BCUT2D eigenvalue weighted by atomic mass is 14.7. The first-order valence-corrected chi connectivity index (χ1v) is 29.7. The molecule has 62 heavy (non-hydrogen) atoms. The molecule has 0 aromatic carbocycles. The van der Waals surface area contributed by atoms with Crippen LogP contribution in [0.4, 0.5) is 0 Å². The van der Waals surface area contributed by atoms with Crippen LogP contribution in [0.3, 0.4) is 0 Å². The number of pyridine rings is 1. The fraction of sp³-hybridized carbons (Fsp3) is 0.918. The standard InChI is InChI=1S/C61H116N/c1-3-5-7-9-11-13-15-17-19-21-23-25-27-29-31-33-35-37-39-41-43-45-47-49-51-53-56-60-58-55-59-61(62-60)57-54-52-50-48-46-44-42-40-38-36-34-32-30-28-26-24-22-20-18-16-14-12-10-8-6-4-2/h58-59H,3-54,56-57H2,1-2H3. The molecular weight excluding hydrogens is 747 g/mol. The van der Waals surface area contributed by atoms with E-state index >= 15 is 0 Å². The van der Waals surface area contributed by atoms with Crippen molar-refractivity contribution in [3.05, 3.63) is 29.6 Å². The number of aromatic nitrogens is 1. The molecule has 1 rings (SSSR count). The molecule has 0 aliphatic carbocycles. The third kappa shape index (κ3) is 47.1. The zero-order valence-corrected chi connectivity index (χ0v) is 43.3. The summed E-state index contributed by atoms with van der Waals surface area (Å²) >= 11 is 0. The molecule has 0 unspecified atom stereocenters. The molecule has 0 spiro atoms. The first-order valence-electron chi connectivity index (χ1n) is 29.7. The van der Waals surface area contributed by atoms with Gasteiger partial charge in [-0.1, -0.05) is 335 Å². The van der Waals surface area contributed by atoms with Gasteiger partial charge in [-0.2, -0.15) is 0 Å². The van der Waals surface area contributed by atoms with Crippen LogP contribution < -0.4 is 0 Å². The smallest absolute Gasteiger partial charge is 0.0413 e. The maximum Gasteiger partial charge on any atom is 0.0413 e. The number of hydrogen-bond donors (Lipinski definition) is 0. The van der Waals surface area contributed by atoms with Crippen molar-refractivity contribution in [3.8, 4) is 0 Å². The largest absolute Gasteiger partial charge is 0.258 e. The summed E-state index contributed by atoms with van der Waals surface area (Å²) < 4.78 is 0. The van der Waals surface area contributed by atoms with Crippen LogP contribution in [0.15, 0.2) is 12.1 Å². The van der Waals surface area contributed by atoms with E-state index in [1.165, 1.54) is 345 Å². The predicted molar refractivity (Wildman–Crippen MR) is 282 cm³/mol. The monoisotopic (exact) mass is 863 g/mol. The maximum atomic E-state index is 5.01. The van der Waals surface area contributed by atoms with Crippen molar-refractivity contribution in [3.63, 3.8) is 0 Å². The van der Waals surface area contributed by atoms with E-state index in [1.807, 2.05) is 0 Å². The van der Waals surface area contributed by atoms with Crippen LogP contribution in [0.1, 0.15) is 359 Å². The summed E-state index contributed by atoms with van der Waals surface area (Å²) in [7, 11) is 0. The summed E-state index contributed by atoms with van der Waals surface area (Å²) in [4.78, 5) is 5.01. The molecule has 365 valence electrons. The van der Waals surface area contributed by atoms with Crippen LogP contribution in [-0.4, -0.2) is 4.98 Å². The molecule has 0 N–H and O–H groups in total. The molecule has 0 saturated carbocycles. The molecule has 0 amide bonds. The minimum absolute atomic E-state index is 1.14. The van der Waals surface area contributed by atoms with E-state index in [1.54, 1.807) is 0 Å². The van der Waals surface area contributed by atoms with Crippen LogP contribution in [0, 0.1) is 6.07 Å². The van der Waals surface area contributed by atoms with Crippen molar-refractivity contribution in [2.45, 2.75) is 361 Å². The Balaban J connectivity index is 1.75. The molecule has 1 radical (unpaired) electrons. The van der Waals surface area contributed by atoms with Crippen molar-refractivity contribution in [2.24, 2.45) is 0 Å². The van der Waals surface area contributed by atoms with Crippen LogP contribution in [-0.2, 0) is 12.8 Å². The lowest BCUT2D eigenvalue weighted by molar-refractivity contribution is 0.515. The van der Waals surface area contributed by atoms with E-state index in [0.717, 1.165) is 12.8 Å². The van der Waals surface area contributed by atoms with Gasteiger partial charge in [0.1, 0.15) is 0 Å². The lowest BCUT2D eigenvalue weighted by Crippen LogP contribution is -1.96. The molecule has 0 fully saturated rings.